The molecule has 3 aromatic carbocycles. The topological polar surface area (TPSA) is 99.9 Å². The average Bonchev–Trinajstić information content (AvgIpc) is 3.14. The third kappa shape index (κ3) is 4.64. The van der Waals surface area contributed by atoms with Gasteiger partial charge in [-0.3, -0.25) is 14.5 Å². The predicted octanol–water partition coefficient (Wildman–Crippen LogP) is 5.63. The number of benzene rings is 3. The fourth-order valence-electron chi connectivity index (χ4n) is 4.10. The maximum atomic E-state index is 13.4. The van der Waals surface area contributed by atoms with Gasteiger partial charge in [0, 0.05) is 11.3 Å². The lowest BCUT2D eigenvalue weighted by molar-refractivity contribution is -0.132. The number of halogens is 1. The summed E-state index contributed by atoms with van der Waals surface area (Å²) >= 11 is 6.36. The van der Waals surface area contributed by atoms with Gasteiger partial charge in [-0.1, -0.05) is 23.7 Å². The number of amides is 1. The molecular weight excluding hydrogens is 480 g/mol. The van der Waals surface area contributed by atoms with Crippen LogP contribution in [0.1, 0.15) is 36.6 Å². The van der Waals surface area contributed by atoms with E-state index in [1.165, 1.54) is 24.1 Å². The summed E-state index contributed by atoms with van der Waals surface area (Å²) < 4.78 is 11.1. The van der Waals surface area contributed by atoms with Crippen molar-refractivity contribution in [2.24, 2.45) is 0 Å². The number of methoxy groups -OCH3 is 1. The second-order valence-electron chi connectivity index (χ2n) is 8.41. The first-order valence-corrected chi connectivity index (χ1v) is 11.5. The minimum Gasteiger partial charge on any atom is -0.507 e. The molecule has 1 saturated heterocycles. The molecule has 7 nitrogen and oxygen atoms in total. The van der Waals surface area contributed by atoms with Crippen molar-refractivity contribution in [3.63, 3.8) is 0 Å². The van der Waals surface area contributed by atoms with E-state index in [4.69, 9.17) is 26.3 Å². The van der Waals surface area contributed by atoms with Crippen LogP contribution in [0.15, 0.2) is 72.3 Å². The van der Waals surface area contributed by atoms with E-state index in [0.717, 1.165) is 0 Å². The fourth-order valence-corrected chi connectivity index (χ4v) is 4.31. The van der Waals surface area contributed by atoms with E-state index in [2.05, 4.69) is 0 Å². The SMILES string of the molecule is COc1ccc(Cl)c(/C(O)=C2\C(=O)C(=O)N(c3ccc(C#N)cc3)C2c2cccc(OC(C)C)c2)c1. The Morgan fingerprint density at radius 1 is 1.06 bits per heavy atom. The maximum Gasteiger partial charge on any atom is 0.300 e. The van der Waals surface area contributed by atoms with E-state index in [9.17, 15) is 14.7 Å². The molecule has 182 valence electrons. The Bertz CT molecular complexity index is 1410. The van der Waals surface area contributed by atoms with Gasteiger partial charge in [-0.05, 0) is 74.0 Å². The van der Waals surface area contributed by atoms with Crippen LogP contribution < -0.4 is 14.4 Å². The van der Waals surface area contributed by atoms with Gasteiger partial charge >= 0.3 is 0 Å². The van der Waals surface area contributed by atoms with Gasteiger partial charge in [0.15, 0.2) is 0 Å². The standard InChI is InChI=1S/C28H23ClN2O5/c1-16(2)36-21-6-4-5-18(13-21)25-24(26(32)22-14-20(35-3)11-12-23(22)29)27(33)28(34)31(25)19-9-7-17(15-30)8-10-19/h4-14,16,25,32H,1-3H3/b26-24+. The zero-order chi connectivity index (χ0) is 26.0. The normalized spacial score (nSPS) is 16.8. The smallest absolute Gasteiger partial charge is 0.300 e. The molecule has 0 radical (unpaired) electrons. The van der Waals surface area contributed by atoms with Crippen LogP contribution in [0.3, 0.4) is 0 Å². The van der Waals surface area contributed by atoms with Gasteiger partial charge in [0.2, 0.25) is 0 Å². The van der Waals surface area contributed by atoms with Crippen molar-refractivity contribution in [3.05, 3.63) is 94.0 Å². The molecule has 1 aliphatic rings. The zero-order valence-corrected chi connectivity index (χ0v) is 20.6. The van der Waals surface area contributed by atoms with Crippen LogP contribution in [0.5, 0.6) is 11.5 Å². The van der Waals surface area contributed by atoms with E-state index in [1.807, 2.05) is 19.9 Å². The monoisotopic (exact) mass is 502 g/mol. The number of carbonyl (C=O) groups is 2. The Balaban J connectivity index is 1.96. The third-order valence-electron chi connectivity index (χ3n) is 5.69. The van der Waals surface area contributed by atoms with Crippen LogP contribution >= 0.6 is 11.6 Å². The molecule has 1 aliphatic heterocycles. The number of rotatable bonds is 6. The molecule has 1 atom stereocenters. The summed E-state index contributed by atoms with van der Waals surface area (Å²) in [4.78, 5) is 28.0. The number of hydrogen-bond acceptors (Lipinski definition) is 6. The number of nitrogens with zero attached hydrogens (tertiary/aromatic N) is 2. The molecule has 0 bridgehead atoms. The summed E-state index contributed by atoms with van der Waals surface area (Å²) in [6.07, 6.45) is -0.0965. The number of anilines is 1. The highest BCUT2D eigenvalue weighted by Crippen LogP contribution is 2.44. The van der Waals surface area contributed by atoms with Crippen molar-refractivity contribution >= 4 is 34.7 Å². The number of ketones is 1. The summed E-state index contributed by atoms with van der Waals surface area (Å²) in [5.41, 5.74) is 1.39. The van der Waals surface area contributed by atoms with Crippen molar-refractivity contribution < 1.29 is 24.2 Å². The first-order chi connectivity index (χ1) is 17.2. The number of carbonyl (C=O) groups excluding carboxylic acids is 2. The number of aliphatic hydroxyl groups excluding tert-OH is 1. The molecule has 0 aromatic heterocycles. The highest BCUT2D eigenvalue weighted by Gasteiger charge is 2.47. The van der Waals surface area contributed by atoms with Crippen molar-refractivity contribution in [1.82, 2.24) is 0 Å². The van der Waals surface area contributed by atoms with Crippen LogP contribution in [0.2, 0.25) is 5.02 Å². The summed E-state index contributed by atoms with van der Waals surface area (Å²) in [5, 5.41) is 20.7. The van der Waals surface area contributed by atoms with Gasteiger partial charge in [-0.25, -0.2) is 0 Å². The van der Waals surface area contributed by atoms with Gasteiger partial charge in [0.05, 0.1) is 41.5 Å². The van der Waals surface area contributed by atoms with Gasteiger partial charge < -0.3 is 14.6 Å². The summed E-state index contributed by atoms with van der Waals surface area (Å²) in [6, 6.07) is 19.0. The van der Waals surface area contributed by atoms with Crippen molar-refractivity contribution in [1.29, 1.82) is 5.26 Å². The molecule has 1 N–H and O–H groups in total. The van der Waals surface area contributed by atoms with Crippen LogP contribution in [-0.4, -0.2) is 30.0 Å². The molecule has 8 heteroatoms. The lowest BCUT2D eigenvalue weighted by Crippen LogP contribution is -2.29. The third-order valence-corrected chi connectivity index (χ3v) is 6.02. The van der Waals surface area contributed by atoms with Gasteiger partial charge in [0.25, 0.3) is 11.7 Å². The molecule has 0 aliphatic carbocycles. The van der Waals surface area contributed by atoms with Crippen LogP contribution in [-0.2, 0) is 9.59 Å². The molecule has 1 fully saturated rings. The zero-order valence-electron chi connectivity index (χ0n) is 19.9. The minimum atomic E-state index is -0.976. The highest BCUT2D eigenvalue weighted by atomic mass is 35.5. The summed E-state index contributed by atoms with van der Waals surface area (Å²) in [5.74, 6) is -1.14. The summed E-state index contributed by atoms with van der Waals surface area (Å²) in [7, 11) is 1.47. The minimum absolute atomic E-state index is 0.0965. The van der Waals surface area contributed by atoms with Gasteiger partial charge in [-0.2, -0.15) is 5.26 Å². The highest BCUT2D eigenvalue weighted by molar-refractivity contribution is 6.52. The molecule has 1 unspecified atom stereocenters. The average molecular weight is 503 g/mol. The first-order valence-electron chi connectivity index (χ1n) is 11.2. The Morgan fingerprint density at radius 3 is 2.42 bits per heavy atom. The Morgan fingerprint density at radius 2 is 1.78 bits per heavy atom. The largest absolute Gasteiger partial charge is 0.507 e. The number of hydrogen-bond donors (Lipinski definition) is 1. The van der Waals surface area contributed by atoms with E-state index in [0.29, 0.717) is 28.3 Å². The number of Topliss-reactive ketones (excluding diaryl/α,β-unsaturated/α-hetero) is 1. The molecule has 0 spiro atoms. The lowest BCUT2D eigenvalue weighted by Gasteiger charge is -2.26. The number of aliphatic hydroxyl groups is 1. The number of ether oxygens (including phenoxy) is 2. The van der Waals surface area contributed by atoms with Crippen LogP contribution in [0, 0.1) is 11.3 Å². The fraction of sp³-hybridized carbons (Fsp3) is 0.179. The maximum absolute atomic E-state index is 13.4. The molecule has 36 heavy (non-hydrogen) atoms. The van der Waals surface area contributed by atoms with Crippen molar-refractivity contribution in [2.45, 2.75) is 26.0 Å². The van der Waals surface area contributed by atoms with Crippen LogP contribution in [0.25, 0.3) is 5.76 Å². The quantitative estimate of drug-likeness (QED) is 0.266. The molecule has 1 heterocycles. The Kier molecular flexibility index (Phi) is 7.00. The second kappa shape index (κ2) is 10.1. The van der Waals surface area contributed by atoms with E-state index in [1.54, 1.807) is 54.6 Å². The van der Waals surface area contributed by atoms with Crippen molar-refractivity contribution in [3.8, 4) is 17.6 Å². The van der Waals surface area contributed by atoms with Gasteiger partial charge in [-0.15, -0.1) is 0 Å². The Hall–Kier alpha value is -4.28. The molecular formula is C28H23ClN2O5. The lowest BCUT2D eigenvalue weighted by atomic mass is 9.94. The van der Waals surface area contributed by atoms with E-state index in [-0.39, 0.29) is 22.3 Å². The summed E-state index contributed by atoms with van der Waals surface area (Å²) in [6.45, 7) is 3.78. The predicted molar refractivity (Wildman–Crippen MR) is 136 cm³/mol. The molecule has 0 saturated carbocycles. The molecule has 3 aromatic rings. The van der Waals surface area contributed by atoms with Crippen LogP contribution in [0.4, 0.5) is 5.69 Å². The van der Waals surface area contributed by atoms with E-state index < -0.39 is 23.5 Å². The Labute approximate surface area is 213 Å². The second-order valence-corrected chi connectivity index (χ2v) is 8.82. The first kappa shape index (κ1) is 24.8. The van der Waals surface area contributed by atoms with E-state index >= 15 is 0 Å². The number of nitriles is 1. The van der Waals surface area contributed by atoms with Crippen molar-refractivity contribution in [2.75, 3.05) is 12.0 Å². The molecule has 4 rings (SSSR count). The molecule has 1 amide bonds. The van der Waals surface area contributed by atoms with Gasteiger partial charge in [0.1, 0.15) is 17.3 Å².